The van der Waals surface area contributed by atoms with Crippen molar-refractivity contribution in [2.24, 2.45) is 23.7 Å². The normalized spacial score (nSPS) is 50.7. The number of hydrogen-bond donors (Lipinski definition) is 7. The lowest BCUT2D eigenvalue weighted by molar-refractivity contribution is -0.499. The Labute approximate surface area is 292 Å². The molecule has 6 fully saturated rings. The van der Waals surface area contributed by atoms with Gasteiger partial charge in [-0.2, -0.15) is 0 Å². The van der Waals surface area contributed by atoms with Gasteiger partial charge in [-0.05, 0) is 30.8 Å². The fourth-order valence-electron chi connectivity index (χ4n) is 10.3. The van der Waals surface area contributed by atoms with Crippen molar-refractivity contribution in [2.75, 3.05) is 13.2 Å². The van der Waals surface area contributed by atoms with Gasteiger partial charge < -0.3 is 54.7 Å². The molecule has 3 aliphatic carbocycles. The van der Waals surface area contributed by atoms with Gasteiger partial charge in [-0.3, -0.25) is 4.79 Å². The standard InChI is InChI=1S/C38H52O12/c1-21-12-8-5-6-9-13-22(2)31(41)47-28-23(3)16-27-36(28,45)32(42)34(20-40)30(48-34)26-18-35(44,33(43,17-21)19-39)29-24(4)37(26,27)50-38(46,49-29)25-14-10-7-11-15-25/h7,10-11,14-16,21-22,24,26,28-30,32,39-40,42-46H,3,5-6,8-9,12-13,17-20H2,1-2,4H3/t21-,22-,24+,26?,28-,29-,30-,32+,33-,34-,35+,36+,37+,38?/m0/s1. The molecular weight excluding hydrogens is 648 g/mol. The lowest BCUT2D eigenvalue weighted by atomic mass is 9.52. The third-order valence-corrected chi connectivity index (χ3v) is 13.1. The maximum Gasteiger partial charge on any atom is 0.310 e. The van der Waals surface area contributed by atoms with Crippen LogP contribution in [-0.4, -0.2) is 107 Å². The van der Waals surface area contributed by atoms with Crippen LogP contribution in [0.3, 0.4) is 0 Å². The number of carbonyl (C=O) groups is 1. The van der Waals surface area contributed by atoms with E-state index in [2.05, 4.69) is 6.58 Å². The highest BCUT2D eigenvalue weighted by molar-refractivity contribution is 5.73. The molecular formula is C38H52O12. The molecule has 12 heteroatoms. The number of hydrogen-bond acceptors (Lipinski definition) is 12. The van der Waals surface area contributed by atoms with Crippen LogP contribution in [0.4, 0.5) is 0 Å². The van der Waals surface area contributed by atoms with Gasteiger partial charge >= 0.3 is 11.9 Å². The van der Waals surface area contributed by atoms with E-state index in [9.17, 15) is 40.5 Å². The van der Waals surface area contributed by atoms with E-state index in [1.54, 1.807) is 44.2 Å². The molecule has 14 atom stereocenters. The van der Waals surface area contributed by atoms with Crippen molar-refractivity contribution >= 4 is 5.97 Å². The van der Waals surface area contributed by atoms with Gasteiger partial charge in [0, 0.05) is 23.0 Å². The van der Waals surface area contributed by atoms with Crippen LogP contribution in [0.25, 0.3) is 0 Å². The molecule has 1 spiro atoms. The molecule has 1 aromatic carbocycles. The van der Waals surface area contributed by atoms with Crippen molar-refractivity contribution in [1.29, 1.82) is 0 Å². The summed E-state index contributed by atoms with van der Waals surface area (Å²) in [6.07, 6.45) is -0.183. The molecule has 2 saturated carbocycles. The lowest BCUT2D eigenvalue weighted by Crippen LogP contribution is -2.79. The van der Waals surface area contributed by atoms with E-state index in [1.165, 1.54) is 6.08 Å². The SMILES string of the molecule is C=C1C=C2[C@]3(O)[C@H](O)[C@@]4(CO)O[C@H]4C4C[C@@](O)([C@H]5OC(O)(c6ccccc6)O[C@@]24[C@@H]5C)[C@@](O)(CO)C[C@@H](C)CCCCCC[C@H](C)C(=O)O[C@@H]13. The first-order valence-corrected chi connectivity index (χ1v) is 18.1. The Morgan fingerprint density at radius 3 is 2.22 bits per heavy atom. The fourth-order valence-corrected chi connectivity index (χ4v) is 10.3. The van der Waals surface area contributed by atoms with E-state index >= 15 is 0 Å². The second kappa shape index (κ2) is 12.2. The molecule has 7 aliphatic rings. The number of benzene rings is 1. The molecule has 4 saturated heterocycles. The fraction of sp³-hybridized carbons (Fsp3) is 0.711. The number of fused-ring (bicyclic) bond motifs is 12. The summed E-state index contributed by atoms with van der Waals surface area (Å²) in [5, 5.41) is 85.0. The molecule has 7 N–H and O–H groups in total. The van der Waals surface area contributed by atoms with Crippen LogP contribution in [0.5, 0.6) is 0 Å². The smallest absolute Gasteiger partial charge is 0.310 e. The molecule has 0 radical (unpaired) electrons. The minimum atomic E-state index is -2.59. The average Bonchev–Trinajstić information content (AvgIpc) is 3.78. The van der Waals surface area contributed by atoms with Gasteiger partial charge in [0.2, 0.25) is 0 Å². The van der Waals surface area contributed by atoms with Gasteiger partial charge in [-0.25, -0.2) is 0 Å². The summed E-state index contributed by atoms with van der Waals surface area (Å²) in [7, 11) is 0. The topological polar surface area (TPSA) is 199 Å². The van der Waals surface area contributed by atoms with Crippen molar-refractivity contribution in [2.45, 2.75) is 131 Å². The quantitative estimate of drug-likeness (QED) is 0.178. The number of carbonyl (C=O) groups excluding carboxylic acids is 1. The van der Waals surface area contributed by atoms with Gasteiger partial charge in [0.25, 0.3) is 0 Å². The molecule has 4 aliphatic heterocycles. The maximum atomic E-state index is 13.6. The van der Waals surface area contributed by atoms with E-state index in [0.29, 0.717) is 12.8 Å². The van der Waals surface area contributed by atoms with Gasteiger partial charge in [0.1, 0.15) is 34.6 Å². The minimum Gasteiger partial charge on any atom is -0.454 e. The summed E-state index contributed by atoms with van der Waals surface area (Å²) in [6, 6.07) is 8.19. The van der Waals surface area contributed by atoms with E-state index in [0.717, 1.165) is 25.7 Å². The van der Waals surface area contributed by atoms with Gasteiger partial charge in [-0.1, -0.05) is 95.9 Å². The first kappa shape index (κ1) is 36.1. The Morgan fingerprint density at radius 1 is 0.880 bits per heavy atom. The molecule has 4 heterocycles. The van der Waals surface area contributed by atoms with E-state index in [1.807, 2.05) is 6.92 Å². The summed E-state index contributed by atoms with van der Waals surface area (Å²) >= 11 is 0. The molecule has 50 heavy (non-hydrogen) atoms. The molecule has 276 valence electrons. The first-order chi connectivity index (χ1) is 23.6. The monoisotopic (exact) mass is 700 g/mol. The molecule has 1 aromatic rings. The third-order valence-electron chi connectivity index (χ3n) is 13.1. The summed E-state index contributed by atoms with van der Waals surface area (Å²) in [6.45, 7) is 7.92. The number of rotatable bonds is 3. The van der Waals surface area contributed by atoms with Crippen molar-refractivity contribution < 1.29 is 59.5 Å². The van der Waals surface area contributed by atoms with Crippen molar-refractivity contribution in [3.8, 4) is 0 Å². The van der Waals surface area contributed by atoms with Crippen LogP contribution >= 0.6 is 0 Å². The molecule has 0 aromatic heterocycles. The summed E-state index contributed by atoms with van der Waals surface area (Å²) < 4.78 is 25.4. The number of ether oxygens (including phenoxy) is 4. The zero-order valence-corrected chi connectivity index (χ0v) is 29.0. The van der Waals surface area contributed by atoms with Gasteiger partial charge in [0.15, 0.2) is 11.7 Å². The Hall–Kier alpha value is -2.23. The van der Waals surface area contributed by atoms with E-state index in [4.69, 9.17) is 18.9 Å². The summed E-state index contributed by atoms with van der Waals surface area (Å²) in [4.78, 5) is 13.6. The Bertz CT molecular complexity index is 1530. The second-order valence-electron chi connectivity index (χ2n) is 16.1. The highest BCUT2D eigenvalue weighted by Crippen LogP contribution is 2.70. The Kier molecular flexibility index (Phi) is 8.79. The van der Waals surface area contributed by atoms with E-state index < -0.39 is 95.3 Å². The van der Waals surface area contributed by atoms with Crippen molar-refractivity contribution in [1.82, 2.24) is 0 Å². The number of aliphatic hydroxyl groups excluding tert-OH is 3. The predicted octanol–water partition coefficient (Wildman–Crippen LogP) is 1.71. The average molecular weight is 701 g/mol. The Morgan fingerprint density at radius 2 is 1.56 bits per heavy atom. The third kappa shape index (κ3) is 4.83. The molecule has 12 nitrogen and oxygen atoms in total. The van der Waals surface area contributed by atoms with Crippen LogP contribution in [0, 0.1) is 23.7 Å². The minimum absolute atomic E-state index is 0.00110. The Balaban J connectivity index is 1.48. The second-order valence-corrected chi connectivity index (χ2v) is 16.1. The van der Waals surface area contributed by atoms with Gasteiger partial charge in [0.05, 0.1) is 25.2 Å². The summed E-state index contributed by atoms with van der Waals surface area (Å²) in [5.74, 6) is -5.92. The zero-order chi connectivity index (χ0) is 36.1. The summed E-state index contributed by atoms with van der Waals surface area (Å²) in [5.41, 5.74) is -10.2. The highest BCUT2D eigenvalue weighted by Gasteiger charge is 2.85. The van der Waals surface area contributed by atoms with Crippen LogP contribution in [-0.2, 0) is 29.7 Å². The lowest BCUT2D eigenvalue weighted by Gasteiger charge is -2.66. The van der Waals surface area contributed by atoms with Crippen LogP contribution in [0.2, 0.25) is 0 Å². The highest BCUT2D eigenvalue weighted by atomic mass is 16.8. The number of epoxide rings is 1. The predicted molar refractivity (Wildman–Crippen MR) is 177 cm³/mol. The van der Waals surface area contributed by atoms with Crippen LogP contribution in [0.1, 0.15) is 77.7 Å². The van der Waals surface area contributed by atoms with Crippen LogP contribution in [0.15, 0.2) is 54.1 Å². The first-order valence-electron chi connectivity index (χ1n) is 18.1. The maximum absolute atomic E-state index is 13.6. The van der Waals surface area contributed by atoms with Crippen LogP contribution < -0.4 is 0 Å². The molecule has 2 unspecified atom stereocenters. The van der Waals surface area contributed by atoms with Crippen molar-refractivity contribution in [3.05, 3.63) is 59.7 Å². The number of aliphatic hydroxyl groups is 7. The molecule has 7 bridgehead atoms. The molecule has 8 rings (SSSR count). The van der Waals surface area contributed by atoms with Gasteiger partial charge in [-0.15, -0.1) is 0 Å². The molecule has 0 amide bonds. The van der Waals surface area contributed by atoms with E-state index in [-0.39, 0.29) is 35.5 Å². The van der Waals surface area contributed by atoms with Crippen molar-refractivity contribution in [3.63, 3.8) is 0 Å². The number of esters is 1. The zero-order valence-electron chi connectivity index (χ0n) is 29.0. The largest absolute Gasteiger partial charge is 0.454 e.